The number of sulfonamides is 1. The summed E-state index contributed by atoms with van der Waals surface area (Å²) in [6, 6.07) is 0.0151. The van der Waals surface area contributed by atoms with Gasteiger partial charge in [0.15, 0.2) is 0 Å². The first-order valence-corrected chi connectivity index (χ1v) is 9.79. The van der Waals surface area contributed by atoms with Gasteiger partial charge in [-0.15, -0.1) is 0 Å². The lowest BCUT2D eigenvalue weighted by Gasteiger charge is -2.30. The highest BCUT2D eigenvalue weighted by Gasteiger charge is 2.23. The van der Waals surface area contributed by atoms with Crippen molar-refractivity contribution in [2.75, 3.05) is 26.0 Å². The fourth-order valence-electron chi connectivity index (χ4n) is 1.77. The van der Waals surface area contributed by atoms with Gasteiger partial charge in [-0.05, 0) is 47.5 Å². The SMILES string of the molecule is CC(C)N(CCCCOCC(=O)NS(C)(=O)=O)C(=O)OC(C)(C)C. The van der Waals surface area contributed by atoms with E-state index in [1.807, 2.05) is 39.3 Å². The van der Waals surface area contributed by atoms with Crippen molar-refractivity contribution in [3.8, 4) is 0 Å². The van der Waals surface area contributed by atoms with Crippen molar-refractivity contribution in [1.82, 2.24) is 9.62 Å². The smallest absolute Gasteiger partial charge is 0.410 e. The van der Waals surface area contributed by atoms with Crippen molar-refractivity contribution < 1.29 is 27.5 Å². The standard InChI is InChI=1S/C15H30N2O6S/c1-12(2)17(14(19)23-15(3,4)5)9-7-8-10-22-11-13(18)16-24(6,20)21/h12H,7-11H2,1-6H3,(H,16,18). The molecule has 1 N–H and O–H groups in total. The molecule has 9 heteroatoms. The van der Waals surface area contributed by atoms with Crippen LogP contribution in [-0.2, 0) is 24.3 Å². The van der Waals surface area contributed by atoms with Crippen molar-refractivity contribution in [3.63, 3.8) is 0 Å². The van der Waals surface area contributed by atoms with Crippen molar-refractivity contribution in [3.05, 3.63) is 0 Å². The number of unbranched alkanes of at least 4 members (excludes halogenated alkanes) is 1. The maximum atomic E-state index is 12.1. The van der Waals surface area contributed by atoms with Crippen LogP contribution in [-0.4, -0.2) is 63.0 Å². The molecule has 0 saturated heterocycles. The van der Waals surface area contributed by atoms with Gasteiger partial charge in [0.05, 0.1) is 6.26 Å². The topological polar surface area (TPSA) is 102 Å². The van der Waals surface area contributed by atoms with E-state index in [1.54, 1.807) is 4.90 Å². The van der Waals surface area contributed by atoms with Crippen LogP contribution in [0, 0.1) is 0 Å². The molecular formula is C15H30N2O6S. The molecule has 0 aromatic heterocycles. The van der Waals surface area contributed by atoms with Gasteiger partial charge in [0, 0.05) is 19.2 Å². The molecule has 0 aliphatic heterocycles. The third-order valence-electron chi connectivity index (χ3n) is 2.72. The molecule has 0 saturated carbocycles. The molecule has 0 rings (SSSR count). The Bertz CT molecular complexity index is 511. The minimum absolute atomic E-state index is 0.0151. The van der Waals surface area contributed by atoms with Gasteiger partial charge in [-0.3, -0.25) is 9.52 Å². The Morgan fingerprint density at radius 3 is 2.21 bits per heavy atom. The number of nitrogens with one attached hydrogen (secondary N) is 1. The van der Waals surface area contributed by atoms with E-state index >= 15 is 0 Å². The van der Waals surface area contributed by atoms with Gasteiger partial charge < -0.3 is 14.4 Å². The van der Waals surface area contributed by atoms with Crippen LogP contribution in [0.5, 0.6) is 0 Å². The number of amides is 2. The second-order valence-electron chi connectivity index (χ2n) is 6.82. The van der Waals surface area contributed by atoms with Crippen LogP contribution in [0.15, 0.2) is 0 Å². The van der Waals surface area contributed by atoms with E-state index in [1.165, 1.54) is 0 Å². The molecular weight excluding hydrogens is 336 g/mol. The highest BCUT2D eigenvalue weighted by atomic mass is 32.2. The number of carbonyl (C=O) groups is 2. The van der Waals surface area contributed by atoms with Gasteiger partial charge >= 0.3 is 6.09 Å². The van der Waals surface area contributed by atoms with E-state index in [-0.39, 0.29) is 18.7 Å². The minimum atomic E-state index is -3.55. The second-order valence-corrected chi connectivity index (χ2v) is 8.57. The third kappa shape index (κ3) is 12.1. The van der Waals surface area contributed by atoms with Crippen LogP contribution < -0.4 is 4.72 Å². The molecule has 8 nitrogen and oxygen atoms in total. The number of rotatable bonds is 9. The number of carbonyl (C=O) groups excluding carboxylic acids is 2. The van der Waals surface area contributed by atoms with Crippen molar-refractivity contribution in [1.29, 1.82) is 0 Å². The molecule has 0 aliphatic rings. The summed E-state index contributed by atoms with van der Waals surface area (Å²) in [4.78, 5) is 25.0. The maximum Gasteiger partial charge on any atom is 0.410 e. The summed E-state index contributed by atoms with van der Waals surface area (Å²) in [5.41, 5.74) is -0.541. The summed E-state index contributed by atoms with van der Waals surface area (Å²) in [6.45, 7) is 9.79. The molecule has 0 bridgehead atoms. The quantitative estimate of drug-likeness (QED) is 0.621. The Labute approximate surface area is 144 Å². The summed E-state index contributed by atoms with van der Waals surface area (Å²) in [6.07, 6.45) is 1.87. The monoisotopic (exact) mass is 366 g/mol. The minimum Gasteiger partial charge on any atom is -0.444 e. The Morgan fingerprint density at radius 2 is 1.75 bits per heavy atom. The maximum absolute atomic E-state index is 12.1. The van der Waals surface area contributed by atoms with Gasteiger partial charge in [0.1, 0.15) is 12.2 Å². The lowest BCUT2D eigenvalue weighted by molar-refractivity contribution is -0.123. The molecule has 0 fully saturated rings. The van der Waals surface area contributed by atoms with Crippen LogP contribution >= 0.6 is 0 Å². The largest absolute Gasteiger partial charge is 0.444 e. The second kappa shape index (κ2) is 9.83. The van der Waals surface area contributed by atoms with E-state index in [0.717, 1.165) is 6.26 Å². The molecule has 0 aromatic rings. The van der Waals surface area contributed by atoms with E-state index in [9.17, 15) is 18.0 Å². The number of ether oxygens (including phenoxy) is 2. The Kier molecular flexibility index (Phi) is 9.27. The fraction of sp³-hybridized carbons (Fsp3) is 0.867. The Morgan fingerprint density at radius 1 is 1.17 bits per heavy atom. The lowest BCUT2D eigenvalue weighted by Crippen LogP contribution is -2.41. The molecule has 0 radical (unpaired) electrons. The summed E-state index contributed by atoms with van der Waals surface area (Å²) in [5, 5.41) is 0. The van der Waals surface area contributed by atoms with E-state index in [4.69, 9.17) is 9.47 Å². The molecule has 0 aromatic carbocycles. The van der Waals surface area contributed by atoms with Crippen molar-refractivity contribution in [2.45, 2.75) is 59.1 Å². The predicted octanol–water partition coefficient (Wildman–Crippen LogP) is 1.50. The average molecular weight is 366 g/mol. The van der Waals surface area contributed by atoms with Crippen molar-refractivity contribution >= 4 is 22.0 Å². The fourth-order valence-corrected chi connectivity index (χ4v) is 2.24. The van der Waals surface area contributed by atoms with Gasteiger partial charge in [-0.1, -0.05) is 0 Å². The number of nitrogens with zero attached hydrogens (tertiary/aromatic N) is 1. The molecule has 0 spiro atoms. The molecule has 0 unspecified atom stereocenters. The van der Waals surface area contributed by atoms with E-state index < -0.39 is 21.5 Å². The first kappa shape index (κ1) is 22.6. The normalized spacial score (nSPS) is 12.1. The zero-order valence-corrected chi connectivity index (χ0v) is 16.2. The molecule has 0 atom stereocenters. The van der Waals surface area contributed by atoms with Crippen LogP contribution in [0.3, 0.4) is 0 Å². The Hall–Kier alpha value is -1.35. The zero-order chi connectivity index (χ0) is 19.0. The van der Waals surface area contributed by atoms with Gasteiger partial charge in [-0.2, -0.15) is 0 Å². The molecule has 24 heavy (non-hydrogen) atoms. The molecule has 2 amide bonds. The average Bonchev–Trinajstić information content (AvgIpc) is 2.32. The third-order valence-corrected chi connectivity index (χ3v) is 3.32. The lowest BCUT2D eigenvalue weighted by atomic mass is 10.2. The van der Waals surface area contributed by atoms with E-state index in [0.29, 0.717) is 26.0 Å². The zero-order valence-electron chi connectivity index (χ0n) is 15.4. The van der Waals surface area contributed by atoms with Crippen LogP contribution in [0.25, 0.3) is 0 Å². The number of hydrogen-bond acceptors (Lipinski definition) is 6. The summed E-state index contributed by atoms with van der Waals surface area (Å²) in [5.74, 6) is -0.699. The Balaban J connectivity index is 4.06. The summed E-state index contributed by atoms with van der Waals surface area (Å²) < 4.78 is 34.0. The first-order valence-electron chi connectivity index (χ1n) is 7.90. The van der Waals surface area contributed by atoms with Crippen LogP contribution in [0.1, 0.15) is 47.5 Å². The summed E-state index contributed by atoms with van der Waals surface area (Å²) >= 11 is 0. The molecule has 0 heterocycles. The molecule has 0 aliphatic carbocycles. The summed E-state index contributed by atoms with van der Waals surface area (Å²) in [7, 11) is -3.55. The highest BCUT2D eigenvalue weighted by Crippen LogP contribution is 2.12. The predicted molar refractivity (Wildman–Crippen MR) is 91.1 cm³/mol. The van der Waals surface area contributed by atoms with Gasteiger partial charge in [-0.25, -0.2) is 13.2 Å². The van der Waals surface area contributed by atoms with Crippen LogP contribution in [0.4, 0.5) is 4.79 Å². The van der Waals surface area contributed by atoms with Gasteiger partial charge in [0.2, 0.25) is 10.0 Å². The number of hydrogen-bond donors (Lipinski definition) is 1. The van der Waals surface area contributed by atoms with Crippen molar-refractivity contribution in [2.24, 2.45) is 0 Å². The van der Waals surface area contributed by atoms with Gasteiger partial charge in [0.25, 0.3) is 5.91 Å². The first-order chi connectivity index (χ1) is 10.8. The highest BCUT2D eigenvalue weighted by molar-refractivity contribution is 7.89. The van der Waals surface area contributed by atoms with Crippen LogP contribution in [0.2, 0.25) is 0 Å². The van der Waals surface area contributed by atoms with E-state index in [2.05, 4.69) is 0 Å². The molecule has 142 valence electrons.